The first kappa shape index (κ1) is 16.8. The highest BCUT2D eigenvalue weighted by Crippen LogP contribution is 2.23. The van der Waals surface area contributed by atoms with Gasteiger partial charge in [0.2, 0.25) is 0 Å². The molecule has 4 nitrogen and oxygen atoms in total. The van der Waals surface area contributed by atoms with Crippen LogP contribution in [0.3, 0.4) is 0 Å². The molecule has 0 fully saturated rings. The first-order valence-corrected chi connectivity index (χ1v) is 7.30. The summed E-state index contributed by atoms with van der Waals surface area (Å²) in [4.78, 5) is 13.4. The molecule has 5 heteroatoms. The predicted molar refractivity (Wildman–Crippen MR) is 88.2 cm³/mol. The number of benzene rings is 2. The van der Waals surface area contributed by atoms with E-state index < -0.39 is 5.82 Å². The van der Waals surface area contributed by atoms with Gasteiger partial charge in [-0.3, -0.25) is 4.79 Å². The summed E-state index contributed by atoms with van der Waals surface area (Å²) in [6, 6.07) is 11.9. The molecule has 0 heterocycles. The number of nitrogens with zero attached hydrogens (tertiary/aromatic N) is 1. The third kappa shape index (κ3) is 4.22. The van der Waals surface area contributed by atoms with Crippen LogP contribution >= 0.6 is 0 Å². The highest BCUT2D eigenvalue weighted by molar-refractivity contribution is 6.00. The normalized spacial score (nSPS) is 10.3. The summed E-state index contributed by atoms with van der Waals surface area (Å²) in [5.41, 5.74) is 0.676. The van der Waals surface area contributed by atoms with Crippen molar-refractivity contribution in [3.8, 4) is 11.5 Å². The quantitative estimate of drug-likeness (QED) is 0.732. The van der Waals surface area contributed by atoms with Gasteiger partial charge in [-0.1, -0.05) is 6.07 Å². The standard InChI is InChI=1S/C18H20FNO3/c1-13(21)18-16(19)5-4-6-17(18)20(2)11-12-23-15-9-7-14(22-3)8-10-15/h4-10H,11-12H2,1-3H3. The fraction of sp³-hybridized carbons (Fsp3) is 0.278. The number of rotatable bonds is 7. The van der Waals surface area contributed by atoms with Crippen molar-refractivity contribution in [3.63, 3.8) is 0 Å². The largest absolute Gasteiger partial charge is 0.497 e. The van der Waals surface area contributed by atoms with Gasteiger partial charge < -0.3 is 14.4 Å². The van der Waals surface area contributed by atoms with E-state index in [9.17, 15) is 9.18 Å². The number of likely N-dealkylation sites (N-methyl/N-ethyl adjacent to an activating group) is 1. The second-order valence-corrected chi connectivity index (χ2v) is 5.14. The molecule has 2 aromatic rings. The molecule has 0 aromatic heterocycles. The highest BCUT2D eigenvalue weighted by atomic mass is 19.1. The molecular formula is C18H20FNO3. The van der Waals surface area contributed by atoms with Gasteiger partial charge in [0, 0.05) is 7.05 Å². The molecule has 0 saturated heterocycles. The van der Waals surface area contributed by atoms with Crippen LogP contribution in [-0.2, 0) is 0 Å². The zero-order valence-electron chi connectivity index (χ0n) is 13.5. The molecule has 0 bridgehead atoms. The Morgan fingerprint density at radius 1 is 1.13 bits per heavy atom. The Kier molecular flexibility index (Phi) is 5.57. The van der Waals surface area contributed by atoms with Gasteiger partial charge in [0.25, 0.3) is 0 Å². The Hall–Kier alpha value is -2.56. The lowest BCUT2D eigenvalue weighted by molar-refractivity contribution is 0.101. The third-order valence-electron chi connectivity index (χ3n) is 3.51. The first-order chi connectivity index (χ1) is 11.0. The molecule has 0 saturated carbocycles. The first-order valence-electron chi connectivity index (χ1n) is 7.30. The number of methoxy groups -OCH3 is 1. The SMILES string of the molecule is COc1ccc(OCCN(C)c2cccc(F)c2C(C)=O)cc1. The van der Waals surface area contributed by atoms with Crippen LogP contribution in [0.1, 0.15) is 17.3 Å². The van der Waals surface area contributed by atoms with E-state index in [1.54, 1.807) is 26.3 Å². The van der Waals surface area contributed by atoms with Gasteiger partial charge in [0.05, 0.1) is 24.9 Å². The molecule has 122 valence electrons. The average Bonchev–Trinajstić information content (AvgIpc) is 2.54. The van der Waals surface area contributed by atoms with Crippen LogP contribution in [0.25, 0.3) is 0 Å². The number of ketones is 1. The van der Waals surface area contributed by atoms with Crippen molar-refractivity contribution in [3.05, 3.63) is 53.8 Å². The van der Waals surface area contributed by atoms with Gasteiger partial charge in [-0.15, -0.1) is 0 Å². The molecule has 0 aliphatic rings. The number of Topliss-reactive ketones (excluding diaryl/α,β-unsaturated/α-hetero) is 1. The van der Waals surface area contributed by atoms with Crippen molar-refractivity contribution in [1.29, 1.82) is 0 Å². The minimum absolute atomic E-state index is 0.111. The number of carbonyl (C=O) groups is 1. The van der Waals surface area contributed by atoms with E-state index in [-0.39, 0.29) is 11.3 Å². The van der Waals surface area contributed by atoms with Crippen LogP contribution in [-0.4, -0.2) is 33.1 Å². The molecule has 0 aliphatic heterocycles. The fourth-order valence-electron chi connectivity index (χ4n) is 2.27. The number of anilines is 1. The van der Waals surface area contributed by atoms with Gasteiger partial charge in [-0.05, 0) is 43.3 Å². The zero-order chi connectivity index (χ0) is 16.8. The molecule has 0 spiro atoms. The van der Waals surface area contributed by atoms with Gasteiger partial charge in [0.1, 0.15) is 23.9 Å². The van der Waals surface area contributed by atoms with E-state index in [0.29, 0.717) is 18.8 Å². The van der Waals surface area contributed by atoms with Crippen molar-refractivity contribution in [1.82, 2.24) is 0 Å². The molecular weight excluding hydrogens is 297 g/mol. The summed E-state index contributed by atoms with van der Waals surface area (Å²) in [7, 11) is 3.41. The Bertz CT molecular complexity index is 670. The van der Waals surface area contributed by atoms with Gasteiger partial charge >= 0.3 is 0 Å². The smallest absolute Gasteiger partial charge is 0.164 e. The third-order valence-corrected chi connectivity index (χ3v) is 3.51. The van der Waals surface area contributed by atoms with Crippen LogP contribution < -0.4 is 14.4 Å². The minimum atomic E-state index is -0.502. The van der Waals surface area contributed by atoms with Gasteiger partial charge in [-0.2, -0.15) is 0 Å². The van der Waals surface area contributed by atoms with E-state index in [1.807, 2.05) is 29.2 Å². The number of hydrogen-bond acceptors (Lipinski definition) is 4. The van der Waals surface area contributed by atoms with Crippen LogP contribution in [0.5, 0.6) is 11.5 Å². The van der Waals surface area contributed by atoms with Crippen LogP contribution in [0.4, 0.5) is 10.1 Å². The molecule has 0 unspecified atom stereocenters. The number of halogens is 1. The lowest BCUT2D eigenvalue weighted by atomic mass is 10.1. The average molecular weight is 317 g/mol. The van der Waals surface area contributed by atoms with Crippen molar-refractivity contribution in [2.24, 2.45) is 0 Å². The lowest BCUT2D eigenvalue weighted by Crippen LogP contribution is -2.25. The van der Waals surface area contributed by atoms with Gasteiger partial charge in [-0.25, -0.2) is 4.39 Å². The van der Waals surface area contributed by atoms with Gasteiger partial charge in [0.15, 0.2) is 5.78 Å². The molecule has 0 radical (unpaired) electrons. The number of ether oxygens (including phenoxy) is 2. The van der Waals surface area contributed by atoms with Crippen molar-refractivity contribution < 1.29 is 18.7 Å². The molecule has 0 amide bonds. The second-order valence-electron chi connectivity index (χ2n) is 5.14. The van der Waals surface area contributed by atoms with Crippen LogP contribution in [0.15, 0.2) is 42.5 Å². The fourth-order valence-corrected chi connectivity index (χ4v) is 2.27. The summed E-state index contributed by atoms with van der Waals surface area (Å²) in [5.74, 6) is 0.699. The number of carbonyl (C=O) groups excluding carboxylic acids is 1. The molecule has 0 atom stereocenters. The lowest BCUT2D eigenvalue weighted by Gasteiger charge is -2.22. The minimum Gasteiger partial charge on any atom is -0.497 e. The second kappa shape index (κ2) is 7.63. The molecule has 0 aliphatic carbocycles. The van der Waals surface area contributed by atoms with E-state index in [4.69, 9.17) is 9.47 Å². The summed E-state index contributed by atoms with van der Waals surface area (Å²) in [5, 5.41) is 0. The summed E-state index contributed by atoms with van der Waals surface area (Å²) in [6.07, 6.45) is 0. The Morgan fingerprint density at radius 3 is 2.39 bits per heavy atom. The van der Waals surface area contributed by atoms with E-state index >= 15 is 0 Å². The van der Waals surface area contributed by atoms with Crippen molar-refractivity contribution in [2.75, 3.05) is 32.2 Å². The molecule has 2 aromatic carbocycles. The summed E-state index contributed by atoms with van der Waals surface area (Å²) in [6.45, 7) is 2.30. The monoisotopic (exact) mass is 317 g/mol. The Morgan fingerprint density at radius 2 is 1.78 bits per heavy atom. The number of hydrogen-bond donors (Lipinski definition) is 0. The Labute approximate surface area is 135 Å². The van der Waals surface area contributed by atoms with Crippen LogP contribution in [0.2, 0.25) is 0 Å². The zero-order valence-corrected chi connectivity index (χ0v) is 13.5. The Balaban J connectivity index is 1.98. The summed E-state index contributed by atoms with van der Waals surface area (Å²) < 4.78 is 24.6. The maximum atomic E-state index is 13.8. The van der Waals surface area contributed by atoms with E-state index in [2.05, 4.69) is 0 Å². The molecule has 2 rings (SSSR count). The summed E-state index contributed by atoms with van der Waals surface area (Å²) >= 11 is 0. The predicted octanol–water partition coefficient (Wildman–Crippen LogP) is 3.55. The molecule has 23 heavy (non-hydrogen) atoms. The van der Waals surface area contributed by atoms with E-state index in [0.717, 1.165) is 11.5 Å². The highest BCUT2D eigenvalue weighted by Gasteiger charge is 2.15. The maximum absolute atomic E-state index is 13.8. The topological polar surface area (TPSA) is 38.8 Å². The van der Waals surface area contributed by atoms with E-state index in [1.165, 1.54) is 13.0 Å². The van der Waals surface area contributed by atoms with Crippen LogP contribution in [0, 0.1) is 5.82 Å². The van der Waals surface area contributed by atoms with Crippen molar-refractivity contribution in [2.45, 2.75) is 6.92 Å². The maximum Gasteiger partial charge on any atom is 0.164 e. The molecule has 0 N–H and O–H groups in total. The van der Waals surface area contributed by atoms with Crippen molar-refractivity contribution >= 4 is 11.5 Å².